The van der Waals surface area contributed by atoms with E-state index in [0.29, 0.717) is 29.9 Å². The number of nitrogens with zero attached hydrogens (tertiary/aromatic N) is 8. The Bertz CT molecular complexity index is 985. The molecule has 150 valence electrons. The number of tetrazole rings is 1. The van der Waals surface area contributed by atoms with Crippen LogP contribution in [-0.2, 0) is 4.79 Å². The predicted octanol–water partition coefficient (Wildman–Crippen LogP) is 1.51. The first-order valence-corrected chi connectivity index (χ1v) is 10.4. The first-order chi connectivity index (χ1) is 14.1. The minimum Gasteiger partial charge on any atom is -0.338 e. The summed E-state index contributed by atoms with van der Waals surface area (Å²) in [5.74, 6) is 1.09. The van der Waals surface area contributed by atoms with Gasteiger partial charge >= 0.3 is 0 Å². The lowest BCUT2D eigenvalue weighted by atomic mass is 10.1. The fourth-order valence-electron chi connectivity index (χ4n) is 3.29. The monoisotopic (exact) mass is 410 g/mol. The van der Waals surface area contributed by atoms with Gasteiger partial charge in [0.15, 0.2) is 0 Å². The van der Waals surface area contributed by atoms with E-state index in [4.69, 9.17) is 0 Å². The molecule has 0 unspecified atom stereocenters. The summed E-state index contributed by atoms with van der Waals surface area (Å²) >= 11 is 1.36. The average molecular weight is 411 g/mol. The Balaban J connectivity index is 1.35. The minimum absolute atomic E-state index is 0.0822. The number of benzene rings is 1. The normalized spacial score (nSPS) is 14.3. The van der Waals surface area contributed by atoms with E-state index >= 15 is 0 Å². The van der Waals surface area contributed by atoms with E-state index in [1.54, 1.807) is 23.1 Å². The van der Waals surface area contributed by atoms with Gasteiger partial charge in [0.2, 0.25) is 17.0 Å². The van der Waals surface area contributed by atoms with E-state index in [-0.39, 0.29) is 5.91 Å². The summed E-state index contributed by atoms with van der Waals surface area (Å²) in [6.45, 7) is 6.83. The van der Waals surface area contributed by atoms with Gasteiger partial charge in [0, 0.05) is 38.6 Å². The third-order valence-electron chi connectivity index (χ3n) is 4.81. The Kier molecular flexibility index (Phi) is 5.70. The number of hydrogen-bond donors (Lipinski definition) is 0. The summed E-state index contributed by atoms with van der Waals surface area (Å²) in [5, 5.41) is 12.6. The first kappa shape index (κ1) is 19.3. The molecule has 9 nitrogen and oxygen atoms in total. The molecule has 0 spiro atoms. The Labute approximate surface area is 173 Å². The summed E-state index contributed by atoms with van der Waals surface area (Å²) in [6.07, 6.45) is 3.47. The van der Waals surface area contributed by atoms with Gasteiger partial charge in [0.25, 0.3) is 0 Å². The number of anilines is 1. The van der Waals surface area contributed by atoms with Crippen molar-refractivity contribution in [2.45, 2.75) is 19.0 Å². The number of amides is 1. The van der Waals surface area contributed by atoms with Gasteiger partial charge in [-0.15, -0.1) is 5.10 Å². The van der Waals surface area contributed by atoms with Crippen LogP contribution in [0.1, 0.15) is 11.1 Å². The van der Waals surface area contributed by atoms with Crippen molar-refractivity contribution in [2.24, 2.45) is 0 Å². The van der Waals surface area contributed by atoms with Crippen molar-refractivity contribution in [1.82, 2.24) is 35.1 Å². The Morgan fingerprint density at radius 3 is 2.59 bits per heavy atom. The molecular weight excluding hydrogens is 388 g/mol. The Morgan fingerprint density at radius 2 is 1.86 bits per heavy atom. The fraction of sp³-hybridized carbons (Fsp3) is 0.368. The standard InChI is InChI=1S/C19H22N8OS/c1-14-4-5-16(15(2)12-14)27-19(22-23-24-27)29-13-17(28)25-8-10-26(11-9-25)18-20-6-3-7-21-18/h3-7,12H,8-11,13H2,1-2H3. The highest BCUT2D eigenvalue weighted by atomic mass is 32.2. The third kappa shape index (κ3) is 4.37. The molecule has 0 aliphatic carbocycles. The van der Waals surface area contributed by atoms with Gasteiger partial charge in [0.05, 0.1) is 11.4 Å². The van der Waals surface area contributed by atoms with E-state index in [2.05, 4.69) is 36.5 Å². The lowest BCUT2D eigenvalue weighted by Crippen LogP contribution is -2.49. The number of piperazine rings is 1. The first-order valence-electron chi connectivity index (χ1n) is 9.40. The van der Waals surface area contributed by atoms with Crippen LogP contribution in [-0.4, -0.2) is 72.9 Å². The van der Waals surface area contributed by atoms with Gasteiger partial charge in [-0.3, -0.25) is 4.79 Å². The van der Waals surface area contributed by atoms with Crippen molar-refractivity contribution in [3.8, 4) is 5.69 Å². The summed E-state index contributed by atoms with van der Waals surface area (Å²) in [4.78, 5) is 25.2. The number of rotatable bonds is 5. The molecule has 3 aromatic rings. The van der Waals surface area contributed by atoms with Gasteiger partial charge in [-0.05, 0) is 42.0 Å². The van der Waals surface area contributed by atoms with E-state index in [1.807, 2.05) is 30.9 Å². The van der Waals surface area contributed by atoms with Gasteiger partial charge < -0.3 is 9.80 Å². The van der Waals surface area contributed by atoms with Crippen molar-refractivity contribution >= 4 is 23.6 Å². The average Bonchev–Trinajstić information content (AvgIpc) is 3.21. The summed E-state index contributed by atoms with van der Waals surface area (Å²) in [5.41, 5.74) is 3.19. The molecule has 3 heterocycles. The van der Waals surface area contributed by atoms with Gasteiger partial charge in [-0.2, -0.15) is 4.68 Å². The molecule has 0 atom stereocenters. The molecule has 1 aromatic carbocycles. The highest BCUT2D eigenvalue weighted by molar-refractivity contribution is 7.99. The highest BCUT2D eigenvalue weighted by Crippen LogP contribution is 2.22. The molecular formula is C19H22N8OS. The maximum absolute atomic E-state index is 12.7. The van der Waals surface area contributed by atoms with Crippen LogP contribution in [0.3, 0.4) is 0 Å². The van der Waals surface area contributed by atoms with Crippen LogP contribution in [0.15, 0.2) is 41.8 Å². The Morgan fingerprint density at radius 1 is 1.10 bits per heavy atom. The highest BCUT2D eigenvalue weighted by Gasteiger charge is 2.23. The lowest BCUT2D eigenvalue weighted by Gasteiger charge is -2.34. The molecule has 1 aliphatic rings. The van der Waals surface area contributed by atoms with Crippen LogP contribution in [0.25, 0.3) is 5.69 Å². The zero-order chi connectivity index (χ0) is 20.2. The lowest BCUT2D eigenvalue weighted by molar-refractivity contribution is -0.128. The van der Waals surface area contributed by atoms with Gasteiger partial charge in [-0.25, -0.2) is 9.97 Å². The molecule has 0 N–H and O–H groups in total. The number of carbonyl (C=O) groups is 1. The molecule has 0 saturated carbocycles. The van der Waals surface area contributed by atoms with Crippen molar-refractivity contribution in [3.05, 3.63) is 47.8 Å². The zero-order valence-electron chi connectivity index (χ0n) is 16.4. The molecule has 1 amide bonds. The van der Waals surface area contributed by atoms with Crippen LogP contribution < -0.4 is 4.90 Å². The largest absolute Gasteiger partial charge is 0.338 e. The fourth-order valence-corrected chi connectivity index (χ4v) is 4.08. The van der Waals surface area contributed by atoms with Crippen LogP contribution in [0.5, 0.6) is 0 Å². The molecule has 1 saturated heterocycles. The summed E-state index contributed by atoms with van der Waals surface area (Å²) < 4.78 is 1.69. The van der Waals surface area contributed by atoms with Crippen molar-refractivity contribution in [3.63, 3.8) is 0 Å². The number of thioether (sulfide) groups is 1. The van der Waals surface area contributed by atoms with Crippen LogP contribution >= 0.6 is 11.8 Å². The number of aryl methyl sites for hydroxylation is 2. The molecule has 1 fully saturated rings. The van der Waals surface area contributed by atoms with E-state index in [1.165, 1.54) is 17.3 Å². The Hall–Kier alpha value is -3.01. The molecule has 10 heteroatoms. The van der Waals surface area contributed by atoms with Crippen LogP contribution in [0.4, 0.5) is 5.95 Å². The van der Waals surface area contributed by atoms with Gasteiger partial charge in [-0.1, -0.05) is 29.5 Å². The molecule has 1 aliphatic heterocycles. The molecule has 0 radical (unpaired) electrons. The molecule has 2 aromatic heterocycles. The summed E-state index contributed by atoms with van der Waals surface area (Å²) in [6, 6.07) is 7.91. The number of hydrogen-bond acceptors (Lipinski definition) is 8. The topological polar surface area (TPSA) is 92.9 Å². The number of carbonyl (C=O) groups excluding carboxylic acids is 1. The second kappa shape index (κ2) is 8.56. The maximum atomic E-state index is 12.7. The second-order valence-corrected chi connectivity index (χ2v) is 7.81. The SMILES string of the molecule is Cc1ccc(-n2nnnc2SCC(=O)N2CCN(c3ncccn3)CC2)c(C)c1. The molecule has 29 heavy (non-hydrogen) atoms. The zero-order valence-corrected chi connectivity index (χ0v) is 17.2. The second-order valence-electron chi connectivity index (χ2n) is 6.87. The minimum atomic E-state index is 0.0822. The predicted molar refractivity (Wildman–Crippen MR) is 110 cm³/mol. The maximum Gasteiger partial charge on any atom is 0.233 e. The van der Waals surface area contributed by atoms with E-state index in [0.717, 1.165) is 24.3 Å². The van der Waals surface area contributed by atoms with Crippen molar-refractivity contribution < 1.29 is 4.79 Å². The third-order valence-corrected chi connectivity index (χ3v) is 5.72. The number of aromatic nitrogens is 6. The van der Waals surface area contributed by atoms with Gasteiger partial charge in [0.1, 0.15) is 0 Å². The quantitative estimate of drug-likeness (QED) is 0.585. The van der Waals surface area contributed by atoms with Crippen molar-refractivity contribution in [1.29, 1.82) is 0 Å². The van der Waals surface area contributed by atoms with Crippen LogP contribution in [0.2, 0.25) is 0 Å². The summed E-state index contributed by atoms with van der Waals surface area (Å²) in [7, 11) is 0. The van der Waals surface area contributed by atoms with Crippen LogP contribution in [0, 0.1) is 13.8 Å². The molecule has 0 bridgehead atoms. The van der Waals surface area contributed by atoms with E-state index in [9.17, 15) is 4.79 Å². The van der Waals surface area contributed by atoms with Crippen molar-refractivity contribution in [2.75, 3.05) is 36.8 Å². The molecule has 4 rings (SSSR count). The smallest absolute Gasteiger partial charge is 0.233 e. The van der Waals surface area contributed by atoms with E-state index < -0.39 is 0 Å².